The third-order valence-corrected chi connectivity index (χ3v) is 2.96. The number of thiazole rings is 1. The maximum Gasteiger partial charge on any atom is 0.0955 e. The van der Waals surface area contributed by atoms with Crippen molar-refractivity contribution in [1.29, 1.82) is 0 Å². The van der Waals surface area contributed by atoms with Crippen LogP contribution in [-0.4, -0.2) is 29.9 Å². The smallest absolute Gasteiger partial charge is 0.0955 e. The first-order chi connectivity index (χ1) is 6.93. The molecule has 0 aliphatic rings. The molecule has 0 amide bonds. The van der Waals surface area contributed by atoms with Gasteiger partial charge in [0.1, 0.15) is 0 Å². The number of aliphatic hydroxyl groups is 1. The molecule has 1 heterocycles. The summed E-state index contributed by atoms with van der Waals surface area (Å²) < 4.78 is 4.88. The van der Waals surface area contributed by atoms with Gasteiger partial charge in [0.15, 0.2) is 0 Å². The highest BCUT2D eigenvalue weighted by molar-refractivity contribution is 7.09. The number of rotatable bonds is 4. The average Bonchev–Trinajstić information content (AvgIpc) is 2.52. The molecule has 0 radical (unpaired) electrons. The van der Waals surface area contributed by atoms with Gasteiger partial charge in [0.25, 0.3) is 0 Å². The van der Waals surface area contributed by atoms with E-state index in [1.165, 1.54) is 0 Å². The molecule has 86 valence electrons. The minimum atomic E-state index is -0.450. The molecular formula is C11H19NO2S. The Hall–Kier alpha value is -0.450. The molecule has 1 N–H and O–H groups in total. The van der Waals surface area contributed by atoms with Crippen molar-refractivity contribution in [1.82, 2.24) is 4.98 Å². The number of aliphatic hydroxyl groups excluding tert-OH is 1. The molecule has 1 rings (SSSR count). The lowest BCUT2D eigenvalue weighted by Gasteiger charge is -2.14. The van der Waals surface area contributed by atoms with Gasteiger partial charge >= 0.3 is 0 Å². The molecule has 15 heavy (non-hydrogen) atoms. The van der Waals surface area contributed by atoms with E-state index in [9.17, 15) is 5.11 Å². The van der Waals surface area contributed by atoms with Crippen molar-refractivity contribution >= 4 is 11.3 Å². The molecule has 1 aromatic rings. The van der Waals surface area contributed by atoms with Crippen LogP contribution in [0.1, 0.15) is 31.5 Å². The second-order valence-electron chi connectivity index (χ2n) is 4.69. The summed E-state index contributed by atoms with van der Waals surface area (Å²) >= 11 is 1.60. The van der Waals surface area contributed by atoms with Gasteiger partial charge in [-0.2, -0.15) is 0 Å². The van der Waals surface area contributed by atoms with Gasteiger partial charge in [-0.25, -0.2) is 4.98 Å². The largest absolute Gasteiger partial charge is 0.390 e. The number of aromatic nitrogens is 1. The standard InChI is InChI=1S/C11H19NO2S/c1-11(2,3)9-7-15-10(12-9)5-8(13)6-14-4/h7-8,13H,5-6H2,1-4H3. The SMILES string of the molecule is COCC(O)Cc1nc(C(C)(C)C)cs1. The minimum absolute atomic E-state index is 0.0843. The summed E-state index contributed by atoms with van der Waals surface area (Å²) in [4.78, 5) is 4.51. The minimum Gasteiger partial charge on any atom is -0.390 e. The van der Waals surface area contributed by atoms with Crippen molar-refractivity contribution in [3.8, 4) is 0 Å². The summed E-state index contributed by atoms with van der Waals surface area (Å²) in [5, 5.41) is 12.6. The van der Waals surface area contributed by atoms with Crippen LogP contribution in [0.2, 0.25) is 0 Å². The molecule has 3 nitrogen and oxygen atoms in total. The van der Waals surface area contributed by atoms with E-state index in [1.807, 2.05) is 0 Å². The van der Waals surface area contributed by atoms with E-state index >= 15 is 0 Å². The van der Waals surface area contributed by atoms with Gasteiger partial charge in [-0.1, -0.05) is 20.8 Å². The number of methoxy groups -OCH3 is 1. The summed E-state index contributed by atoms with van der Waals surface area (Å²) in [7, 11) is 1.59. The Morgan fingerprint density at radius 2 is 2.20 bits per heavy atom. The van der Waals surface area contributed by atoms with Gasteiger partial charge in [0.05, 0.1) is 23.4 Å². The Kier molecular flexibility index (Phi) is 4.25. The highest BCUT2D eigenvalue weighted by atomic mass is 32.1. The van der Waals surface area contributed by atoms with E-state index in [-0.39, 0.29) is 5.41 Å². The van der Waals surface area contributed by atoms with Crippen LogP contribution in [0.15, 0.2) is 5.38 Å². The van der Waals surface area contributed by atoms with Crippen LogP contribution >= 0.6 is 11.3 Å². The van der Waals surface area contributed by atoms with Gasteiger partial charge in [0, 0.05) is 24.3 Å². The van der Waals surface area contributed by atoms with E-state index in [1.54, 1.807) is 18.4 Å². The second kappa shape index (κ2) is 5.05. The fraction of sp³-hybridized carbons (Fsp3) is 0.727. The van der Waals surface area contributed by atoms with Gasteiger partial charge < -0.3 is 9.84 Å². The third kappa shape index (κ3) is 3.89. The zero-order valence-corrected chi connectivity index (χ0v) is 10.6. The van der Waals surface area contributed by atoms with Crippen molar-refractivity contribution in [3.63, 3.8) is 0 Å². The highest BCUT2D eigenvalue weighted by Gasteiger charge is 2.18. The molecule has 0 bridgehead atoms. The van der Waals surface area contributed by atoms with Gasteiger partial charge in [-0.15, -0.1) is 11.3 Å². The van der Waals surface area contributed by atoms with Gasteiger partial charge in [-0.05, 0) is 0 Å². The zero-order chi connectivity index (χ0) is 11.5. The number of nitrogens with zero attached hydrogens (tertiary/aromatic N) is 1. The summed E-state index contributed by atoms with van der Waals surface area (Å²) in [5.74, 6) is 0. The first-order valence-electron chi connectivity index (χ1n) is 5.05. The topological polar surface area (TPSA) is 42.4 Å². The molecular weight excluding hydrogens is 210 g/mol. The lowest BCUT2D eigenvalue weighted by molar-refractivity contribution is 0.0649. The van der Waals surface area contributed by atoms with Crippen molar-refractivity contribution < 1.29 is 9.84 Å². The lowest BCUT2D eigenvalue weighted by atomic mass is 9.93. The molecule has 0 saturated carbocycles. The maximum absolute atomic E-state index is 9.56. The number of hydrogen-bond donors (Lipinski definition) is 1. The number of ether oxygens (including phenoxy) is 1. The van der Waals surface area contributed by atoms with E-state index in [0.29, 0.717) is 13.0 Å². The second-order valence-corrected chi connectivity index (χ2v) is 5.63. The summed E-state index contributed by atoms with van der Waals surface area (Å²) in [5.41, 5.74) is 1.17. The third-order valence-electron chi connectivity index (χ3n) is 2.09. The Balaban J connectivity index is 2.61. The van der Waals surface area contributed by atoms with Crippen LogP contribution in [-0.2, 0) is 16.6 Å². The number of hydrogen-bond acceptors (Lipinski definition) is 4. The lowest BCUT2D eigenvalue weighted by Crippen LogP contribution is -2.17. The van der Waals surface area contributed by atoms with Crippen LogP contribution in [0.4, 0.5) is 0 Å². The van der Waals surface area contributed by atoms with Crippen LogP contribution in [0, 0.1) is 0 Å². The van der Waals surface area contributed by atoms with Crippen LogP contribution < -0.4 is 0 Å². The van der Waals surface area contributed by atoms with Crippen molar-refractivity contribution in [2.24, 2.45) is 0 Å². The molecule has 0 spiro atoms. The summed E-state index contributed by atoms with van der Waals surface area (Å²) in [6.07, 6.45) is 0.128. The summed E-state index contributed by atoms with van der Waals surface area (Å²) in [6.45, 7) is 6.77. The van der Waals surface area contributed by atoms with Crippen LogP contribution in [0.5, 0.6) is 0 Å². The predicted molar refractivity (Wildman–Crippen MR) is 62.4 cm³/mol. The Morgan fingerprint density at radius 1 is 1.53 bits per heavy atom. The fourth-order valence-corrected chi connectivity index (χ4v) is 2.30. The highest BCUT2D eigenvalue weighted by Crippen LogP contribution is 2.24. The normalized spacial score (nSPS) is 14.2. The average molecular weight is 229 g/mol. The predicted octanol–water partition coefficient (Wildman–Crippen LogP) is 1.99. The van der Waals surface area contributed by atoms with Crippen molar-refractivity contribution in [3.05, 3.63) is 16.1 Å². The monoisotopic (exact) mass is 229 g/mol. The molecule has 4 heteroatoms. The first kappa shape index (κ1) is 12.6. The molecule has 0 saturated heterocycles. The van der Waals surface area contributed by atoms with Crippen molar-refractivity contribution in [2.45, 2.75) is 38.7 Å². The van der Waals surface area contributed by atoms with Crippen LogP contribution in [0.25, 0.3) is 0 Å². The maximum atomic E-state index is 9.56. The molecule has 1 atom stereocenters. The van der Waals surface area contributed by atoms with E-state index in [4.69, 9.17) is 4.74 Å². The first-order valence-corrected chi connectivity index (χ1v) is 5.93. The van der Waals surface area contributed by atoms with E-state index < -0.39 is 6.10 Å². The van der Waals surface area contributed by atoms with Gasteiger partial charge in [0.2, 0.25) is 0 Å². The molecule has 0 aliphatic carbocycles. The Morgan fingerprint density at radius 3 is 2.67 bits per heavy atom. The molecule has 1 unspecified atom stereocenters. The molecule has 0 fully saturated rings. The Bertz CT molecular complexity index is 304. The van der Waals surface area contributed by atoms with Crippen molar-refractivity contribution in [2.75, 3.05) is 13.7 Å². The Labute approximate surface area is 95.1 Å². The summed E-state index contributed by atoms with van der Waals surface area (Å²) in [6, 6.07) is 0. The zero-order valence-electron chi connectivity index (χ0n) is 9.78. The molecule has 1 aromatic heterocycles. The molecule has 0 aromatic carbocycles. The van der Waals surface area contributed by atoms with Gasteiger partial charge in [-0.3, -0.25) is 0 Å². The quantitative estimate of drug-likeness (QED) is 0.858. The van der Waals surface area contributed by atoms with E-state index in [2.05, 4.69) is 31.1 Å². The van der Waals surface area contributed by atoms with E-state index in [0.717, 1.165) is 10.7 Å². The van der Waals surface area contributed by atoms with Crippen LogP contribution in [0.3, 0.4) is 0 Å². The molecule has 0 aliphatic heterocycles. The fourth-order valence-electron chi connectivity index (χ4n) is 1.20.